The molecule has 0 atom stereocenters. The fraction of sp³-hybridized carbons (Fsp3) is 0. The molecule has 0 aliphatic rings. The second-order valence-electron chi connectivity index (χ2n) is 0.857. The lowest BCUT2D eigenvalue weighted by Gasteiger charge is -1.83. The van der Waals surface area contributed by atoms with Crippen molar-refractivity contribution in [2.75, 3.05) is 0 Å². The van der Waals surface area contributed by atoms with E-state index in [2.05, 4.69) is 5.73 Å². The van der Waals surface area contributed by atoms with Crippen molar-refractivity contribution >= 4 is 5.97 Å². The maximum atomic E-state index is 9.53. The Balaban J connectivity index is 3.82. The largest absolute Gasteiger partial charge is 0.501 e. The zero-order valence-electron chi connectivity index (χ0n) is 3.46. The molecule has 0 aromatic carbocycles. The molecule has 0 aromatic heterocycles. The second kappa shape index (κ2) is 2.07. The van der Waals surface area contributed by atoms with E-state index in [-0.39, 0.29) is 0 Å². The molecule has 0 aliphatic carbocycles. The number of nitrogens with two attached hydrogens (primary N) is 1. The predicted molar refractivity (Wildman–Crippen MR) is 22.5 cm³/mol. The van der Waals surface area contributed by atoms with E-state index in [9.17, 15) is 4.79 Å². The van der Waals surface area contributed by atoms with Gasteiger partial charge in [0.05, 0.1) is 0 Å². The molecule has 4 heteroatoms. The minimum absolute atomic E-state index is 0.613. The SMILES string of the molecule is N/C=C(\O)C(=O)O. The monoisotopic (exact) mass is 103 g/mol. The van der Waals surface area contributed by atoms with E-state index in [0.29, 0.717) is 6.20 Å². The minimum atomic E-state index is -1.41. The lowest BCUT2D eigenvalue weighted by molar-refractivity contribution is -0.135. The molecular formula is C3H5NO3. The van der Waals surface area contributed by atoms with Crippen LogP contribution in [0.3, 0.4) is 0 Å². The number of rotatable bonds is 1. The molecule has 0 saturated heterocycles. The Bertz CT molecular complexity index is 107. The number of carbonyl (C=O) groups is 1. The van der Waals surface area contributed by atoms with E-state index in [1.54, 1.807) is 0 Å². The van der Waals surface area contributed by atoms with E-state index in [4.69, 9.17) is 10.2 Å². The second-order valence-corrected chi connectivity index (χ2v) is 0.857. The fourth-order valence-electron chi connectivity index (χ4n) is 0.0713. The summed E-state index contributed by atoms with van der Waals surface area (Å²) in [6, 6.07) is 0. The van der Waals surface area contributed by atoms with Gasteiger partial charge in [-0.1, -0.05) is 0 Å². The summed E-state index contributed by atoms with van der Waals surface area (Å²) in [6.45, 7) is 0. The number of carboxylic acid groups (broad SMARTS) is 1. The molecule has 0 heterocycles. The van der Waals surface area contributed by atoms with Crippen LogP contribution in [-0.4, -0.2) is 16.2 Å². The molecule has 4 nitrogen and oxygen atoms in total. The molecule has 0 radical (unpaired) electrons. The molecular weight excluding hydrogens is 98.0 g/mol. The summed E-state index contributed by atoms with van der Waals surface area (Å²) in [5.41, 5.74) is 4.58. The van der Waals surface area contributed by atoms with Crippen LogP contribution >= 0.6 is 0 Å². The summed E-state index contributed by atoms with van der Waals surface area (Å²) in [6.07, 6.45) is 0.613. The lowest BCUT2D eigenvalue weighted by atomic mass is 10.6. The van der Waals surface area contributed by atoms with Gasteiger partial charge in [-0.3, -0.25) is 0 Å². The van der Waals surface area contributed by atoms with Crippen LogP contribution in [0.2, 0.25) is 0 Å². The van der Waals surface area contributed by atoms with Gasteiger partial charge in [-0.15, -0.1) is 0 Å². The van der Waals surface area contributed by atoms with Gasteiger partial charge in [0, 0.05) is 6.20 Å². The Morgan fingerprint density at radius 2 is 2.00 bits per heavy atom. The van der Waals surface area contributed by atoms with Crippen molar-refractivity contribution in [3.8, 4) is 0 Å². The molecule has 0 unspecified atom stereocenters. The van der Waals surface area contributed by atoms with Crippen molar-refractivity contribution in [3.05, 3.63) is 12.0 Å². The fourth-order valence-corrected chi connectivity index (χ4v) is 0.0713. The maximum Gasteiger partial charge on any atom is 0.372 e. The number of hydrogen-bond acceptors (Lipinski definition) is 3. The molecule has 0 spiro atoms. The van der Waals surface area contributed by atoms with Gasteiger partial charge in [0.1, 0.15) is 0 Å². The highest BCUT2D eigenvalue weighted by molar-refractivity contribution is 5.83. The molecule has 0 aliphatic heterocycles. The summed E-state index contributed by atoms with van der Waals surface area (Å²) in [5.74, 6) is -2.25. The summed E-state index contributed by atoms with van der Waals surface area (Å²) in [7, 11) is 0. The zero-order chi connectivity index (χ0) is 5.86. The van der Waals surface area contributed by atoms with Crippen molar-refractivity contribution in [2.45, 2.75) is 0 Å². The molecule has 40 valence electrons. The van der Waals surface area contributed by atoms with E-state index < -0.39 is 11.7 Å². The van der Waals surface area contributed by atoms with Crippen LogP contribution in [0.25, 0.3) is 0 Å². The smallest absolute Gasteiger partial charge is 0.372 e. The third kappa shape index (κ3) is 1.64. The third-order valence-electron chi connectivity index (χ3n) is 0.377. The number of hydrogen-bond donors (Lipinski definition) is 3. The average molecular weight is 103 g/mol. The quantitative estimate of drug-likeness (QED) is 0.306. The number of aliphatic carboxylic acids is 1. The van der Waals surface area contributed by atoms with Crippen LogP contribution in [0.5, 0.6) is 0 Å². The van der Waals surface area contributed by atoms with Crippen molar-refractivity contribution in [1.82, 2.24) is 0 Å². The Morgan fingerprint density at radius 3 is 2.00 bits per heavy atom. The van der Waals surface area contributed by atoms with Gasteiger partial charge < -0.3 is 15.9 Å². The van der Waals surface area contributed by atoms with Crippen LogP contribution in [0.4, 0.5) is 0 Å². The summed E-state index contributed by atoms with van der Waals surface area (Å²) in [5, 5.41) is 15.9. The number of carboxylic acids is 1. The van der Waals surface area contributed by atoms with Gasteiger partial charge in [0.2, 0.25) is 5.76 Å². The third-order valence-corrected chi connectivity index (χ3v) is 0.377. The summed E-state index contributed by atoms with van der Waals surface area (Å²) in [4.78, 5) is 9.53. The Labute approximate surface area is 39.9 Å². The van der Waals surface area contributed by atoms with Crippen molar-refractivity contribution in [2.24, 2.45) is 5.73 Å². The maximum absolute atomic E-state index is 9.53. The van der Waals surface area contributed by atoms with E-state index >= 15 is 0 Å². The van der Waals surface area contributed by atoms with E-state index in [1.165, 1.54) is 0 Å². The summed E-state index contributed by atoms with van der Waals surface area (Å²) >= 11 is 0. The van der Waals surface area contributed by atoms with Crippen molar-refractivity contribution in [1.29, 1.82) is 0 Å². The highest BCUT2D eigenvalue weighted by Gasteiger charge is 1.98. The Kier molecular flexibility index (Phi) is 1.72. The summed E-state index contributed by atoms with van der Waals surface area (Å²) < 4.78 is 0. The van der Waals surface area contributed by atoms with Gasteiger partial charge in [-0.2, -0.15) is 0 Å². The topological polar surface area (TPSA) is 83.5 Å². The zero-order valence-corrected chi connectivity index (χ0v) is 3.46. The Hall–Kier alpha value is -1.19. The molecule has 0 rings (SSSR count). The van der Waals surface area contributed by atoms with Gasteiger partial charge in [-0.25, -0.2) is 4.79 Å². The molecule has 0 amide bonds. The first-order valence-corrected chi connectivity index (χ1v) is 1.52. The molecule has 0 bridgehead atoms. The average Bonchev–Trinajstić information content (AvgIpc) is 1.65. The minimum Gasteiger partial charge on any atom is -0.501 e. The van der Waals surface area contributed by atoms with Gasteiger partial charge >= 0.3 is 5.97 Å². The standard InChI is InChI=1S/C3H5NO3/c4-1-2(5)3(6)7/h1,5H,4H2,(H,6,7)/b2-1-. The van der Waals surface area contributed by atoms with Crippen LogP contribution < -0.4 is 5.73 Å². The molecule has 0 fully saturated rings. The predicted octanol–water partition coefficient (Wildman–Crippen LogP) is -0.571. The lowest BCUT2D eigenvalue weighted by Crippen LogP contribution is -2.00. The van der Waals surface area contributed by atoms with Crippen molar-refractivity contribution < 1.29 is 15.0 Å². The first-order valence-electron chi connectivity index (χ1n) is 1.52. The molecule has 0 aromatic rings. The van der Waals surface area contributed by atoms with Gasteiger partial charge in [0.25, 0.3) is 0 Å². The highest BCUT2D eigenvalue weighted by Crippen LogP contribution is 1.79. The molecule has 7 heavy (non-hydrogen) atoms. The molecule has 0 saturated carbocycles. The Morgan fingerprint density at radius 1 is 1.57 bits per heavy atom. The normalized spacial score (nSPS) is 11.1. The van der Waals surface area contributed by atoms with E-state index in [1.807, 2.05) is 0 Å². The first kappa shape index (κ1) is 5.81. The van der Waals surface area contributed by atoms with Crippen molar-refractivity contribution in [3.63, 3.8) is 0 Å². The van der Waals surface area contributed by atoms with Gasteiger partial charge in [0.15, 0.2) is 0 Å². The van der Waals surface area contributed by atoms with Crippen LogP contribution in [0.15, 0.2) is 12.0 Å². The van der Waals surface area contributed by atoms with E-state index in [0.717, 1.165) is 0 Å². The van der Waals surface area contributed by atoms with Gasteiger partial charge in [-0.05, 0) is 0 Å². The number of aliphatic hydroxyl groups excluding tert-OH is 1. The van der Waals surface area contributed by atoms with Crippen LogP contribution in [-0.2, 0) is 4.79 Å². The van der Waals surface area contributed by atoms with Crippen LogP contribution in [0, 0.1) is 0 Å². The first-order chi connectivity index (χ1) is 3.18. The molecule has 4 N–H and O–H groups in total. The highest BCUT2D eigenvalue weighted by atomic mass is 16.4. The number of aliphatic hydroxyl groups is 1. The van der Waals surface area contributed by atoms with Crippen LogP contribution in [0.1, 0.15) is 0 Å².